The van der Waals surface area contributed by atoms with Gasteiger partial charge in [0.1, 0.15) is 5.82 Å². The average Bonchev–Trinajstić information content (AvgIpc) is 3.35. The van der Waals surface area contributed by atoms with Crippen LogP contribution < -0.4 is 4.90 Å². The van der Waals surface area contributed by atoms with Gasteiger partial charge in [0, 0.05) is 55.7 Å². The Bertz CT molecular complexity index is 693. The molecule has 4 heterocycles. The van der Waals surface area contributed by atoms with Gasteiger partial charge in [-0.25, -0.2) is 4.98 Å². The highest BCUT2D eigenvalue weighted by Crippen LogP contribution is 2.27. The molecule has 1 N–H and O–H groups in total. The molecule has 1 atom stereocenters. The van der Waals surface area contributed by atoms with Crippen molar-refractivity contribution in [1.82, 2.24) is 20.1 Å². The quantitative estimate of drug-likeness (QED) is 0.941. The Hall–Kier alpha value is -2.37. The lowest BCUT2D eigenvalue weighted by Gasteiger charge is -2.32. The SMILES string of the molecule is O=C(c1ccnc(N2CCCC2)c1)N1CCC[C@H](c2ccn[nH]2)C1. The Balaban J connectivity index is 1.49. The van der Waals surface area contributed by atoms with E-state index in [2.05, 4.69) is 20.1 Å². The fourth-order valence-corrected chi connectivity index (χ4v) is 3.76. The fraction of sp³-hybridized carbons (Fsp3) is 0.500. The van der Waals surface area contributed by atoms with Crippen LogP contribution in [0.25, 0.3) is 0 Å². The second kappa shape index (κ2) is 6.63. The minimum absolute atomic E-state index is 0.113. The molecule has 0 unspecified atom stereocenters. The molecular weight excluding hydrogens is 302 g/mol. The summed E-state index contributed by atoms with van der Waals surface area (Å²) < 4.78 is 0. The van der Waals surface area contributed by atoms with E-state index in [0.29, 0.717) is 5.92 Å². The van der Waals surface area contributed by atoms with Crippen LogP contribution >= 0.6 is 0 Å². The van der Waals surface area contributed by atoms with Crippen molar-refractivity contribution >= 4 is 11.7 Å². The maximum absolute atomic E-state index is 12.9. The maximum Gasteiger partial charge on any atom is 0.254 e. The van der Waals surface area contributed by atoms with Crippen molar-refractivity contribution in [2.75, 3.05) is 31.1 Å². The summed E-state index contributed by atoms with van der Waals surface area (Å²) in [5.74, 6) is 1.40. The van der Waals surface area contributed by atoms with Gasteiger partial charge in [-0.05, 0) is 43.9 Å². The molecule has 0 bridgehead atoms. The number of H-pyrrole nitrogens is 1. The molecule has 2 aromatic rings. The first-order chi connectivity index (χ1) is 11.8. The largest absolute Gasteiger partial charge is 0.357 e. The Morgan fingerprint density at radius 3 is 2.79 bits per heavy atom. The highest BCUT2D eigenvalue weighted by molar-refractivity contribution is 5.95. The lowest BCUT2D eigenvalue weighted by Crippen LogP contribution is -2.39. The van der Waals surface area contributed by atoms with Crippen LogP contribution in [0.3, 0.4) is 0 Å². The number of nitrogens with one attached hydrogen (secondary N) is 1. The minimum Gasteiger partial charge on any atom is -0.357 e. The summed E-state index contributed by atoms with van der Waals surface area (Å²) in [5, 5.41) is 7.09. The molecule has 0 spiro atoms. The van der Waals surface area contributed by atoms with Gasteiger partial charge in [0.15, 0.2) is 0 Å². The van der Waals surface area contributed by atoms with E-state index in [1.165, 1.54) is 12.8 Å². The molecule has 24 heavy (non-hydrogen) atoms. The van der Waals surface area contributed by atoms with Crippen LogP contribution in [-0.2, 0) is 0 Å². The standard InChI is InChI=1S/C18H23N5O/c24-18(14-5-7-19-17(12-14)22-9-1-2-10-22)23-11-3-4-15(13-23)16-6-8-20-21-16/h5-8,12,15H,1-4,9-11,13H2,(H,20,21)/t15-/m0/s1. The molecule has 6 nitrogen and oxygen atoms in total. The van der Waals surface area contributed by atoms with Crippen LogP contribution in [0.15, 0.2) is 30.6 Å². The number of pyridine rings is 1. The predicted molar refractivity (Wildman–Crippen MR) is 92.2 cm³/mol. The van der Waals surface area contributed by atoms with Gasteiger partial charge in [-0.2, -0.15) is 5.10 Å². The molecule has 126 valence electrons. The molecule has 0 aromatic carbocycles. The Kier molecular flexibility index (Phi) is 4.19. The summed E-state index contributed by atoms with van der Waals surface area (Å²) in [6.07, 6.45) is 8.08. The van der Waals surface area contributed by atoms with E-state index in [4.69, 9.17) is 0 Å². The van der Waals surface area contributed by atoms with Crippen molar-refractivity contribution in [1.29, 1.82) is 0 Å². The zero-order chi connectivity index (χ0) is 16.4. The predicted octanol–water partition coefficient (Wildman–Crippen LogP) is 2.42. The van der Waals surface area contributed by atoms with E-state index in [0.717, 1.165) is 56.1 Å². The lowest BCUT2D eigenvalue weighted by atomic mass is 9.94. The van der Waals surface area contributed by atoms with Gasteiger partial charge in [0.2, 0.25) is 0 Å². The zero-order valence-electron chi connectivity index (χ0n) is 13.8. The number of amides is 1. The van der Waals surface area contributed by atoms with E-state index in [9.17, 15) is 4.79 Å². The second-order valence-corrected chi connectivity index (χ2v) is 6.70. The number of anilines is 1. The van der Waals surface area contributed by atoms with Crippen molar-refractivity contribution in [3.63, 3.8) is 0 Å². The highest BCUT2D eigenvalue weighted by Gasteiger charge is 2.26. The van der Waals surface area contributed by atoms with Crippen molar-refractivity contribution in [2.45, 2.75) is 31.6 Å². The van der Waals surface area contributed by atoms with E-state index in [-0.39, 0.29) is 5.91 Å². The van der Waals surface area contributed by atoms with Gasteiger partial charge in [0.05, 0.1) is 0 Å². The summed E-state index contributed by atoms with van der Waals surface area (Å²) in [4.78, 5) is 21.6. The Labute approximate surface area is 141 Å². The molecule has 1 amide bonds. The fourth-order valence-electron chi connectivity index (χ4n) is 3.76. The van der Waals surface area contributed by atoms with Gasteiger partial charge in [0.25, 0.3) is 5.91 Å². The van der Waals surface area contributed by atoms with Crippen molar-refractivity contribution in [2.24, 2.45) is 0 Å². The summed E-state index contributed by atoms with van der Waals surface area (Å²) in [6, 6.07) is 5.80. The third kappa shape index (κ3) is 3.00. The average molecular weight is 325 g/mol. The first-order valence-corrected chi connectivity index (χ1v) is 8.81. The topological polar surface area (TPSA) is 65.1 Å². The van der Waals surface area contributed by atoms with Crippen LogP contribution in [0.4, 0.5) is 5.82 Å². The zero-order valence-corrected chi connectivity index (χ0v) is 13.8. The number of rotatable bonds is 3. The number of nitrogens with zero attached hydrogens (tertiary/aromatic N) is 4. The van der Waals surface area contributed by atoms with Crippen molar-refractivity contribution in [3.8, 4) is 0 Å². The number of carbonyl (C=O) groups is 1. The van der Waals surface area contributed by atoms with Crippen molar-refractivity contribution < 1.29 is 4.79 Å². The van der Waals surface area contributed by atoms with Crippen molar-refractivity contribution in [3.05, 3.63) is 41.9 Å². The molecule has 0 saturated carbocycles. The molecule has 2 aromatic heterocycles. The van der Waals surface area contributed by atoms with E-state index < -0.39 is 0 Å². The van der Waals surface area contributed by atoms with E-state index >= 15 is 0 Å². The molecule has 6 heteroatoms. The monoisotopic (exact) mass is 325 g/mol. The molecule has 2 aliphatic rings. The number of aromatic amines is 1. The number of piperidine rings is 1. The summed E-state index contributed by atoms with van der Waals surface area (Å²) in [6.45, 7) is 3.65. The van der Waals surface area contributed by atoms with Gasteiger partial charge in [-0.15, -0.1) is 0 Å². The minimum atomic E-state index is 0.113. The van der Waals surface area contributed by atoms with Crippen LogP contribution in [0.2, 0.25) is 0 Å². The number of likely N-dealkylation sites (tertiary alicyclic amines) is 1. The van der Waals surface area contributed by atoms with Crippen LogP contribution in [0.5, 0.6) is 0 Å². The summed E-state index contributed by atoms with van der Waals surface area (Å²) in [5.41, 5.74) is 1.87. The Morgan fingerprint density at radius 2 is 2.00 bits per heavy atom. The van der Waals surface area contributed by atoms with Gasteiger partial charge >= 0.3 is 0 Å². The number of hydrogen-bond donors (Lipinski definition) is 1. The smallest absolute Gasteiger partial charge is 0.254 e. The van der Waals surface area contributed by atoms with E-state index in [1.807, 2.05) is 23.1 Å². The molecule has 0 radical (unpaired) electrons. The third-order valence-electron chi connectivity index (χ3n) is 5.09. The number of aromatic nitrogens is 3. The molecule has 2 saturated heterocycles. The van der Waals surface area contributed by atoms with Gasteiger partial charge < -0.3 is 9.80 Å². The summed E-state index contributed by atoms with van der Waals surface area (Å²) in [7, 11) is 0. The first-order valence-electron chi connectivity index (χ1n) is 8.81. The van der Waals surface area contributed by atoms with Crippen LogP contribution in [0.1, 0.15) is 47.7 Å². The summed E-state index contributed by atoms with van der Waals surface area (Å²) >= 11 is 0. The normalized spacial score (nSPS) is 21.2. The lowest BCUT2D eigenvalue weighted by molar-refractivity contribution is 0.0706. The molecular formula is C18H23N5O. The molecule has 0 aliphatic carbocycles. The Morgan fingerprint density at radius 1 is 1.12 bits per heavy atom. The number of hydrogen-bond acceptors (Lipinski definition) is 4. The van der Waals surface area contributed by atoms with Crippen LogP contribution in [-0.4, -0.2) is 52.2 Å². The first kappa shape index (κ1) is 15.2. The molecule has 2 aliphatic heterocycles. The maximum atomic E-state index is 12.9. The van der Waals surface area contributed by atoms with E-state index in [1.54, 1.807) is 12.4 Å². The molecule has 4 rings (SSSR count). The van der Waals surface area contributed by atoms with Gasteiger partial charge in [-0.3, -0.25) is 9.89 Å². The highest BCUT2D eigenvalue weighted by atomic mass is 16.2. The third-order valence-corrected chi connectivity index (χ3v) is 5.09. The van der Waals surface area contributed by atoms with Crippen LogP contribution in [0, 0.1) is 0 Å². The number of carbonyl (C=O) groups excluding carboxylic acids is 1. The molecule has 2 fully saturated rings. The van der Waals surface area contributed by atoms with Gasteiger partial charge in [-0.1, -0.05) is 0 Å². The second-order valence-electron chi connectivity index (χ2n) is 6.70.